The van der Waals surface area contributed by atoms with Gasteiger partial charge in [0.25, 0.3) is 0 Å². The van der Waals surface area contributed by atoms with E-state index in [9.17, 15) is 4.79 Å². The summed E-state index contributed by atoms with van der Waals surface area (Å²) < 4.78 is 0. The fourth-order valence-electron chi connectivity index (χ4n) is 1.78. The van der Waals surface area contributed by atoms with Crippen LogP contribution in [0.3, 0.4) is 0 Å². The second-order valence-electron chi connectivity index (χ2n) is 4.77. The van der Waals surface area contributed by atoms with E-state index in [0.29, 0.717) is 11.1 Å². The van der Waals surface area contributed by atoms with Gasteiger partial charge in [0, 0.05) is 5.69 Å². The smallest absolute Gasteiger partial charge is 0.234 e. The highest BCUT2D eigenvalue weighted by molar-refractivity contribution is 7.99. The first-order valence-electron chi connectivity index (χ1n) is 6.79. The first-order chi connectivity index (χ1) is 10.1. The number of nitrogen functional groups attached to an aromatic ring is 1. The van der Waals surface area contributed by atoms with E-state index in [0.717, 1.165) is 12.1 Å². The van der Waals surface area contributed by atoms with Crippen LogP contribution in [0, 0.1) is 0 Å². The Labute approximate surface area is 127 Å². The zero-order valence-corrected chi connectivity index (χ0v) is 12.9. The summed E-state index contributed by atoms with van der Waals surface area (Å²) in [5, 5.41) is 9.70. The van der Waals surface area contributed by atoms with E-state index in [1.54, 1.807) is 0 Å². The van der Waals surface area contributed by atoms with Gasteiger partial charge in [-0.3, -0.25) is 4.79 Å². The minimum Gasteiger partial charge on any atom is -0.368 e. The number of anilines is 2. The Morgan fingerprint density at radius 3 is 2.71 bits per heavy atom. The zero-order valence-electron chi connectivity index (χ0n) is 12.1. The number of carbonyl (C=O) groups is 1. The minimum atomic E-state index is -0.0975. The van der Waals surface area contributed by atoms with Crippen molar-refractivity contribution in [1.29, 1.82) is 0 Å². The van der Waals surface area contributed by atoms with Crippen molar-refractivity contribution in [3.8, 4) is 0 Å². The molecule has 1 aromatic heterocycles. The largest absolute Gasteiger partial charge is 0.368 e. The number of hydrogen-bond acceptors (Lipinski definition) is 5. The summed E-state index contributed by atoms with van der Waals surface area (Å²) in [5.74, 6) is 0.921. The van der Waals surface area contributed by atoms with Crippen LogP contribution in [0.5, 0.6) is 0 Å². The summed E-state index contributed by atoms with van der Waals surface area (Å²) in [6.07, 6.45) is 1.10. The van der Waals surface area contributed by atoms with Crippen molar-refractivity contribution in [2.75, 3.05) is 16.8 Å². The number of nitrogens with one attached hydrogen (secondary N) is 2. The fourth-order valence-corrected chi connectivity index (χ4v) is 2.39. The summed E-state index contributed by atoms with van der Waals surface area (Å²) in [6, 6.07) is 7.95. The monoisotopic (exact) mass is 305 g/mol. The summed E-state index contributed by atoms with van der Waals surface area (Å²) in [6.45, 7) is 4.35. The van der Waals surface area contributed by atoms with Crippen LogP contribution in [0.4, 0.5) is 11.6 Å². The number of nitrogens with two attached hydrogens (primary N) is 1. The van der Waals surface area contributed by atoms with Gasteiger partial charge in [0.2, 0.25) is 17.0 Å². The lowest BCUT2D eigenvalue weighted by Crippen LogP contribution is -2.14. The van der Waals surface area contributed by atoms with E-state index >= 15 is 0 Å². The number of carbonyl (C=O) groups excluding carboxylic acids is 1. The highest BCUT2D eigenvalue weighted by Crippen LogP contribution is 2.20. The molecule has 1 heterocycles. The predicted octanol–water partition coefficient (Wildman–Crippen LogP) is 2.63. The molecule has 7 heteroatoms. The Kier molecular flexibility index (Phi) is 5.21. The average molecular weight is 305 g/mol. The van der Waals surface area contributed by atoms with Crippen LogP contribution in [0.25, 0.3) is 0 Å². The molecule has 0 saturated heterocycles. The predicted molar refractivity (Wildman–Crippen MR) is 85.3 cm³/mol. The van der Waals surface area contributed by atoms with Crippen molar-refractivity contribution >= 4 is 29.3 Å². The number of nitrogens with zero attached hydrogens (tertiary/aromatic N) is 2. The highest BCUT2D eigenvalue weighted by Gasteiger charge is 2.08. The second-order valence-corrected chi connectivity index (χ2v) is 5.71. The SMILES string of the molecule is CCC(C)c1ccc(NC(=O)CSc2n[nH]c(N)n2)cc1. The maximum absolute atomic E-state index is 11.8. The number of H-pyrrole nitrogens is 1. The molecule has 0 fully saturated rings. The standard InChI is InChI=1S/C14H19N5OS/c1-3-9(2)10-4-6-11(7-5-10)16-12(20)8-21-14-17-13(15)18-19-14/h4-7,9H,3,8H2,1-2H3,(H,16,20)(H3,15,17,18,19). The third-order valence-corrected chi connectivity index (χ3v) is 4.04. The number of aromatic nitrogens is 3. The van der Waals surface area contributed by atoms with Gasteiger partial charge in [-0.05, 0) is 30.0 Å². The number of benzene rings is 1. The van der Waals surface area contributed by atoms with E-state index in [1.165, 1.54) is 17.3 Å². The molecule has 0 aliphatic carbocycles. The van der Waals surface area contributed by atoms with Crippen molar-refractivity contribution in [2.24, 2.45) is 0 Å². The first kappa shape index (κ1) is 15.4. The molecule has 2 rings (SSSR count). The van der Waals surface area contributed by atoms with Gasteiger partial charge in [-0.25, -0.2) is 5.10 Å². The number of hydrogen-bond donors (Lipinski definition) is 3. The van der Waals surface area contributed by atoms with Crippen LogP contribution in [0.1, 0.15) is 31.7 Å². The molecule has 1 unspecified atom stereocenters. The third kappa shape index (κ3) is 4.49. The number of thioether (sulfide) groups is 1. The summed E-state index contributed by atoms with van der Waals surface area (Å²) in [5.41, 5.74) is 7.49. The van der Waals surface area contributed by atoms with Crippen LogP contribution in [-0.4, -0.2) is 26.8 Å². The molecule has 112 valence electrons. The Balaban J connectivity index is 1.84. The van der Waals surface area contributed by atoms with Crippen molar-refractivity contribution in [3.05, 3.63) is 29.8 Å². The number of aromatic amines is 1. The van der Waals surface area contributed by atoms with E-state index in [-0.39, 0.29) is 17.6 Å². The molecule has 0 saturated carbocycles. The van der Waals surface area contributed by atoms with Gasteiger partial charge >= 0.3 is 0 Å². The molecule has 21 heavy (non-hydrogen) atoms. The normalized spacial score (nSPS) is 12.1. The fraction of sp³-hybridized carbons (Fsp3) is 0.357. The number of rotatable bonds is 6. The average Bonchev–Trinajstić information content (AvgIpc) is 2.91. The Hall–Kier alpha value is -2.02. The van der Waals surface area contributed by atoms with E-state index < -0.39 is 0 Å². The molecule has 1 atom stereocenters. The van der Waals surface area contributed by atoms with Crippen LogP contribution >= 0.6 is 11.8 Å². The Bertz CT molecular complexity index is 596. The lowest BCUT2D eigenvalue weighted by atomic mass is 9.99. The minimum absolute atomic E-state index is 0.0975. The van der Waals surface area contributed by atoms with E-state index in [4.69, 9.17) is 5.73 Å². The van der Waals surface area contributed by atoms with E-state index in [2.05, 4.69) is 34.3 Å². The lowest BCUT2D eigenvalue weighted by molar-refractivity contribution is -0.113. The maximum atomic E-state index is 11.8. The van der Waals surface area contributed by atoms with E-state index in [1.807, 2.05) is 24.3 Å². The lowest BCUT2D eigenvalue weighted by Gasteiger charge is -2.10. The maximum Gasteiger partial charge on any atom is 0.234 e. The van der Waals surface area contributed by atoms with Gasteiger partial charge in [0.15, 0.2) is 0 Å². The van der Waals surface area contributed by atoms with Crippen molar-refractivity contribution < 1.29 is 4.79 Å². The van der Waals surface area contributed by atoms with Gasteiger partial charge < -0.3 is 11.1 Å². The zero-order chi connectivity index (χ0) is 15.2. The quantitative estimate of drug-likeness (QED) is 0.713. The van der Waals surface area contributed by atoms with Crippen molar-refractivity contribution in [1.82, 2.24) is 15.2 Å². The Morgan fingerprint density at radius 1 is 1.43 bits per heavy atom. The van der Waals surface area contributed by atoms with Gasteiger partial charge in [-0.15, -0.1) is 5.10 Å². The van der Waals surface area contributed by atoms with Crippen LogP contribution in [-0.2, 0) is 4.79 Å². The molecular weight excluding hydrogens is 286 g/mol. The third-order valence-electron chi connectivity index (χ3n) is 3.19. The summed E-state index contributed by atoms with van der Waals surface area (Å²) in [7, 11) is 0. The molecule has 6 nitrogen and oxygen atoms in total. The molecule has 0 aliphatic heterocycles. The molecule has 0 bridgehead atoms. The van der Waals surface area contributed by atoms with Gasteiger partial charge in [0.1, 0.15) is 0 Å². The van der Waals surface area contributed by atoms with Crippen LogP contribution < -0.4 is 11.1 Å². The van der Waals surface area contributed by atoms with Crippen molar-refractivity contribution in [3.63, 3.8) is 0 Å². The first-order valence-corrected chi connectivity index (χ1v) is 7.77. The number of amides is 1. The second kappa shape index (κ2) is 7.12. The molecule has 1 amide bonds. The molecule has 0 aliphatic rings. The van der Waals surface area contributed by atoms with Gasteiger partial charge in [0.05, 0.1) is 5.75 Å². The van der Waals surface area contributed by atoms with Gasteiger partial charge in [-0.1, -0.05) is 37.7 Å². The molecule has 4 N–H and O–H groups in total. The van der Waals surface area contributed by atoms with Crippen LogP contribution in [0.15, 0.2) is 29.4 Å². The van der Waals surface area contributed by atoms with Crippen molar-refractivity contribution in [2.45, 2.75) is 31.3 Å². The summed E-state index contributed by atoms with van der Waals surface area (Å²) in [4.78, 5) is 15.8. The Morgan fingerprint density at radius 2 is 2.14 bits per heavy atom. The highest BCUT2D eigenvalue weighted by atomic mass is 32.2. The van der Waals surface area contributed by atoms with Crippen LogP contribution in [0.2, 0.25) is 0 Å². The molecule has 2 aromatic rings. The molecular formula is C14H19N5OS. The summed E-state index contributed by atoms with van der Waals surface area (Å²) >= 11 is 1.23. The topological polar surface area (TPSA) is 96.7 Å². The molecule has 0 radical (unpaired) electrons. The molecule has 1 aromatic carbocycles. The van der Waals surface area contributed by atoms with Gasteiger partial charge in [-0.2, -0.15) is 4.98 Å². The molecule has 0 spiro atoms.